The van der Waals surface area contributed by atoms with Gasteiger partial charge in [0.05, 0.1) is 29.3 Å². The van der Waals surface area contributed by atoms with Crippen LogP contribution in [0.3, 0.4) is 0 Å². The van der Waals surface area contributed by atoms with Crippen LogP contribution in [0.25, 0.3) is 5.76 Å². The van der Waals surface area contributed by atoms with E-state index in [4.69, 9.17) is 16.3 Å². The second kappa shape index (κ2) is 9.12. The van der Waals surface area contributed by atoms with Gasteiger partial charge in [-0.05, 0) is 54.3 Å². The number of ether oxygens (including phenoxy) is 1. The fourth-order valence-electron chi connectivity index (χ4n) is 4.20. The summed E-state index contributed by atoms with van der Waals surface area (Å²) in [7, 11) is 1.44. The third-order valence-electron chi connectivity index (χ3n) is 5.83. The molecule has 1 aliphatic rings. The van der Waals surface area contributed by atoms with Crippen molar-refractivity contribution in [3.8, 4) is 5.75 Å². The molecule has 1 N–H and O–H groups in total. The number of aryl methyl sites for hydroxylation is 2. The molecule has 1 heterocycles. The van der Waals surface area contributed by atoms with Gasteiger partial charge >= 0.3 is 0 Å². The highest BCUT2D eigenvalue weighted by Gasteiger charge is 2.47. The van der Waals surface area contributed by atoms with Gasteiger partial charge in [0.25, 0.3) is 11.7 Å². The maximum absolute atomic E-state index is 13.3. The number of rotatable bonds is 5. The van der Waals surface area contributed by atoms with Crippen LogP contribution in [0.4, 0.5) is 5.69 Å². The Morgan fingerprint density at radius 2 is 1.73 bits per heavy atom. The lowest BCUT2D eigenvalue weighted by Gasteiger charge is -2.25. The summed E-state index contributed by atoms with van der Waals surface area (Å²) in [4.78, 5) is 28.0. The number of carbonyl (C=O) groups excluding carboxylic acids is 2. The van der Waals surface area contributed by atoms with Gasteiger partial charge in [-0.3, -0.25) is 14.5 Å². The smallest absolute Gasteiger partial charge is 0.300 e. The monoisotopic (exact) mass is 461 g/mol. The molecule has 1 unspecified atom stereocenters. The summed E-state index contributed by atoms with van der Waals surface area (Å²) in [6.07, 6.45) is 0.856. The molecule has 0 aromatic heterocycles. The lowest BCUT2D eigenvalue weighted by molar-refractivity contribution is -0.132. The Morgan fingerprint density at radius 3 is 2.33 bits per heavy atom. The van der Waals surface area contributed by atoms with E-state index in [-0.39, 0.29) is 22.6 Å². The highest BCUT2D eigenvalue weighted by atomic mass is 35.5. The van der Waals surface area contributed by atoms with Crippen LogP contribution < -0.4 is 9.64 Å². The Labute approximate surface area is 197 Å². The summed E-state index contributed by atoms with van der Waals surface area (Å²) in [6.45, 7) is 3.87. The van der Waals surface area contributed by atoms with Crippen molar-refractivity contribution in [3.05, 3.63) is 99.6 Å². The minimum Gasteiger partial charge on any atom is -0.507 e. The molecule has 0 spiro atoms. The number of amides is 1. The Morgan fingerprint density at radius 1 is 1.06 bits per heavy atom. The summed E-state index contributed by atoms with van der Waals surface area (Å²) >= 11 is 6.34. The van der Waals surface area contributed by atoms with Gasteiger partial charge in [-0.15, -0.1) is 0 Å². The van der Waals surface area contributed by atoms with Crippen molar-refractivity contribution in [2.24, 2.45) is 0 Å². The molecule has 6 heteroatoms. The van der Waals surface area contributed by atoms with Gasteiger partial charge in [0.1, 0.15) is 11.5 Å². The summed E-state index contributed by atoms with van der Waals surface area (Å²) in [5, 5.41) is 11.7. The van der Waals surface area contributed by atoms with E-state index in [1.807, 2.05) is 68.4 Å². The van der Waals surface area contributed by atoms with E-state index < -0.39 is 17.7 Å². The fraction of sp³-hybridized carbons (Fsp3) is 0.185. The zero-order valence-corrected chi connectivity index (χ0v) is 19.4. The number of nitrogens with zero attached hydrogens (tertiary/aromatic N) is 1. The van der Waals surface area contributed by atoms with Crippen LogP contribution in [0.15, 0.2) is 72.3 Å². The van der Waals surface area contributed by atoms with Gasteiger partial charge in [0, 0.05) is 5.69 Å². The zero-order valence-electron chi connectivity index (χ0n) is 18.6. The molecule has 4 rings (SSSR count). The fourth-order valence-corrected chi connectivity index (χ4v) is 4.55. The van der Waals surface area contributed by atoms with Crippen LogP contribution in [0, 0.1) is 6.92 Å². The molecule has 0 radical (unpaired) electrons. The van der Waals surface area contributed by atoms with E-state index in [1.54, 1.807) is 12.1 Å². The number of benzene rings is 3. The standard InChI is InChI=1S/C27H24ClNO4/c1-4-17-10-12-19(13-11-17)29-23(18-8-6-5-7-9-18)22(25(31)27(29)32)24(30)20-14-16(2)15-21(28)26(20)33-3/h5-15,23,30H,4H2,1-3H3/b24-22+. The van der Waals surface area contributed by atoms with E-state index >= 15 is 0 Å². The number of methoxy groups -OCH3 is 1. The van der Waals surface area contributed by atoms with Crippen LogP contribution >= 0.6 is 11.6 Å². The number of aliphatic hydroxyl groups is 1. The molecule has 5 nitrogen and oxygen atoms in total. The second-order valence-electron chi connectivity index (χ2n) is 7.93. The molecule has 1 atom stereocenters. The minimum absolute atomic E-state index is 0.00858. The largest absolute Gasteiger partial charge is 0.507 e. The summed E-state index contributed by atoms with van der Waals surface area (Å²) in [5.41, 5.74) is 3.44. The average molecular weight is 462 g/mol. The Hall–Kier alpha value is -3.57. The lowest BCUT2D eigenvalue weighted by Crippen LogP contribution is -2.29. The minimum atomic E-state index is -0.803. The first-order chi connectivity index (χ1) is 15.9. The Bertz CT molecular complexity index is 1250. The molecule has 168 valence electrons. The van der Waals surface area contributed by atoms with Crippen LogP contribution in [-0.4, -0.2) is 23.9 Å². The van der Waals surface area contributed by atoms with Gasteiger partial charge in [-0.25, -0.2) is 0 Å². The molecule has 1 aliphatic heterocycles. The van der Waals surface area contributed by atoms with Gasteiger partial charge < -0.3 is 9.84 Å². The zero-order chi connectivity index (χ0) is 23.7. The van der Waals surface area contributed by atoms with Crippen LogP contribution in [-0.2, 0) is 16.0 Å². The lowest BCUT2D eigenvalue weighted by atomic mass is 9.94. The molecule has 1 fully saturated rings. The molecular formula is C27H24ClNO4. The van der Waals surface area contributed by atoms with Gasteiger partial charge in [0.15, 0.2) is 0 Å². The van der Waals surface area contributed by atoms with Gasteiger partial charge in [-0.2, -0.15) is 0 Å². The molecule has 3 aromatic rings. The number of anilines is 1. The van der Waals surface area contributed by atoms with Crippen molar-refractivity contribution in [1.82, 2.24) is 0 Å². The van der Waals surface area contributed by atoms with Crippen LogP contribution in [0.2, 0.25) is 5.02 Å². The van der Waals surface area contributed by atoms with E-state index in [2.05, 4.69) is 0 Å². The third kappa shape index (κ3) is 4.00. The summed E-state index contributed by atoms with van der Waals surface area (Å²) < 4.78 is 5.42. The van der Waals surface area contributed by atoms with Crippen LogP contribution in [0.5, 0.6) is 5.75 Å². The number of hydrogen-bond donors (Lipinski definition) is 1. The summed E-state index contributed by atoms with van der Waals surface area (Å²) in [5.74, 6) is -1.55. The van der Waals surface area contributed by atoms with Crippen molar-refractivity contribution in [2.75, 3.05) is 12.0 Å². The van der Waals surface area contributed by atoms with E-state index in [0.29, 0.717) is 16.3 Å². The Balaban J connectivity index is 1.97. The predicted molar refractivity (Wildman–Crippen MR) is 130 cm³/mol. The van der Waals surface area contributed by atoms with E-state index in [1.165, 1.54) is 12.0 Å². The van der Waals surface area contributed by atoms with Gasteiger partial charge in [-0.1, -0.05) is 61.0 Å². The van der Waals surface area contributed by atoms with Crippen molar-refractivity contribution < 1.29 is 19.4 Å². The van der Waals surface area contributed by atoms with E-state index in [9.17, 15) is 14.7 Å². The first-order valence-electron chi connectivity index (χ1n) is 10.7. The molecule has 3 aromatic carbocycles. The van der Waals surface area contributed by atoms with Crippen molar-refractivity contribution >= 4 is 34.7 Å². The molecule has 33 heavy (non-hydrogen) atoms. The quantitative estimate of drug-likeness (QED) is 0.294. The average Bonchev–Trinajstić information content (AvgIpc) is 3.09. The highest BCUT2D eigenvalue weighted by molar-refractivity contribution is 6.51. The number of carbonyl (C=O) groups is 2. The first-order valence-corrected chi connectivity index (χ1v) is 11.0. The SMILES string of the molecule is CCc1ccc(N2C(=O)C(=O)/C(=C(/O)c3cc(C)cc(Cl)c3OC)C2c2ccccc2)cc1. The second-order valence-corrected chi connectivity index (χ2v) is 8.33. The predicted octanol–water partition coefficient (Wildman–Crippen LogP) is 5.85. The molecule has 0 saturated carbocycles. The van der Waals surface area contributed by atoms with E-state index in [0.717, 1.165) is 17.5 Å². The number of hydrogen-bond acceptors (Lipinski definition) is 4. The molecule has 0 aliphatic carbocycles. The molecular weight excluding hydrogens is 438 g/mol. The molecule has 1 amide bonds. The third-order valence-corrected chi connectivity index (χ3v) is 6.11. The number of ketones is 1. The normalized spacial score (nSPS) is 17.5. The Kier molecular flexibility index (Phi) is 6.25. The van der Waals surface area contributed by atoms with Crippen molar-refractivity contribution in [3.63, 3.8) is 0 Å². The number of aliphatic hydroxyl groups excluding tert-OH is 1. The highest BCUT2D eigenvalue weighted by Crippen LogP contribution is 2.44. The van der Waals surface area contributed by atoms with Crippen molar-refractivity contribution in [2.45, 2.75) is 26.3 Å². The van der Waals surface area contributed by atoms with Crippen LogP contribution in [0.1, 0.15) is 35.2 Å². The molecule has 1 saturated heterocycles. The number of Topliss-reactive ketones (excluding diaryl/α,β-unsaturated/α-hetero) is 1. The maximum atomic E-state index is 13.3. The molecule has 0 bridgehead atoms. The number of halogens is 1. The maximum Gasteiger partial charge on any atom is 0.300 e. The first kappa shape index (κ1) is 22.6. The topological polar surface area (TPSA) is 66.8 Å². The van der Waals surface area contributed by atoms with Gasteiger partial charge in [0.2, 0.25) is 0 Å². The summed E-state index contributed by atoms with van der Waals surface area (Å²) in [6, 6.07) is 19.3. The van der Waals surface area contributed by atoms with Crippen molar-refractivity contribution in [1.29, 1.82) is 0 Å².